The molecule has 6 heterocycles. The summed E-state index contributed by atoms with van der Waals surface area (Å²) < 4.78 is 247. The molecule has 0 saturated heterocycles. The first-order valence-corrected chi connectivity index (χ1v) is 27.8. The molecule has 0 atom stereocenters. The van der Waals surface area contributed by atoms with E-state index in [4.69, 9.17) is 0 Å². The van der Waals surface area contributed by atoms with Gasteiger partial charge in [0.05, 0.1) is 87.4 Å². The molecule has 36 heteroatoms. The average molecular weight is 1430 g/mol. The summed E-state index contributed by atoms with van der Waals surface area (Å²) in [6.07, 6.45) is 0. The highest BCUT2D eigenvalue weighted by molar-refractivity contribution is 6.01. The number of benzene rings is 9. The fourth-order valence-electron chi connectivity index (χ4n) is 11.4. The van der Waals surface area contributed by atoms with Crippen LogP contribution in [0.1, 0.15) is 0 Å². The van der Waals surface area contributed by atoms with E-state index < -0.39 is 246 Å². The third-order valence-corrected chi connectivity index (χ3v) is 16.1. The second-order valence-electron chi connectivity index (χ2n) is 21.7. The van der Waals surface area contributed by atoms with Crippen LogP contribution >= 0.6 is 0 Å². The molecule has 0 aliphatic carbocycles. The molecule has 15 aromatic rings. The number of hydrogen-bond acceptors (Lipinski definition) is 12. The summed E-state index contributed by atoms with van der Waals surface area (Å²) in [6, 6.07) is 16.3. The molecule has 18 nitrogen and oxygen atoms in total. The molecule has 15 rings (SSSR count). The van der Waals surface area contributed by atoms with Crippen LogP contribution in [0, 0.1) is 105 Å². The topological polar surface area (TPSA) is 234 Å². The van der Waals surface area contributed by atoms with Crippen molar-refractivity contribution in [1.29, 1.82) is 0 Å². The van der Waals surface area contributed by atoms with Crippen LogP contribution < -0.4 is 66.7 Å². The zero-order chi connectivity index (χ0) is 73.9. The lowest BCUT2D eigenvalue weighted by Gasteiger charge is -2.07. The molecule has 0 aliphatic heterocycles. The Kier molecular flexibility index (Phi) is 15.6. The summed E-state index contributed by atoms with van der Waals surface area (Å²) in [7, 11) is 0. The highest BCUT2D eigenvalue weighted by atomic mass is 19.2. The second-order valence-corrected chi connectivity index (χ2v) is 21.7. The Balaban J connectivity index is 0.000000137. The van der Waals surface area contributed by atoms with Crippen molar-refractivity contribution in [1.82, 2.24) is 27.4 Å². The lowest BCUT2D eigenvalue weighted by molar-refractivity contribution is 0.375. The summed E-state index contributed by atoms with van der Waals surface area (Å²) >= 11 is 0. The Hall–Kier alpha value is -13.4. The van der Waals surface area contributed by atoms with Gasteiger partial charge in [-0.1, -0.05) is 0 Å². The van der Waals surface area contributed by atoms with Gasteiger partial charge in [0.2, 0.25) is 11.6 Å². The molecule has 0 aliphatic rings. The molecule has 9 aromatic carbocycles. The van der Waals surface area contributed by atoms with Crippen LogP contribution in [-0.4, -0.2) is 27.4 Å². The van der Waals surface area contributed by atoms with E-state index in [-0.39, 0.29) is 32.9 Å². The zero-order valence-electron chi connectivity index (χ0n) is 48.8. The van der Waals surface area contributed by atoms with Gasteiger partial charge in [-0.05, 0) is 84.9 Å². The van der Waals surface area contributed by atoms with E-state index in [1.807, 2.05) is 0 Å². The van der Waals surface area contributed by atoms with Gasteiger partial charge in [-0.2, -0.15) is 0 Å². The second kappa shape index (κ2) is 23.6. The predicted octanol–water partition coefficient (Wildman–Crippen LogP) is 8.18. The molecule has 0 unspecified atom stereocenters. The van der Waals surface area contributed by atoms with Gasteiger partial charge < -0.3 is 0 Å². The van der Waals surface area contributed by atoms with E-state index >= 15 is 0 Å². The number of aromatic nitrogens is 6. The lowest BCUT2D eigenvalue weighted by Crippen LogP contribution is -2.27. The fourth-order valence-corrected chi connectivity index (χ4v) is 11.4. The van der Waals surface area contributed by atoms with Crippen LogP contribution in [-0.2, 0) is 0 Å². The van der Waals surface area contributed by atoms with Crippen molar-refractivity contribution in [2.45, 2.75) is 0 Å². The van der Waals surface area contributed by atoms with Gasteiger partial charge >= 0.3 is 0 Å². The third-order valence-electron chi connectivity index (χ3n) is 16.1. The molecule has 0 fully saturated rings. The molecule has 102 heavy (non-hydrogen) atoms. The molecule has 0 spiro atoms. The first-order chi connectivity index (χ1) is 48.1. The highest BCUT2D eigenvalue weighted by Crippen LogP contribution is 2.30. The van der Waals surface area contributed by atoms with E-state index in [1.54, 1.807) is 0 Å². The minimum absolute atomic E-state index is 0.0230. The van der Waals surface area contributed by atoms with Crippen molar-refractivity contribution in [2.24, 2.45) is 0 Å². The van der Waals surface area contributed by atoms with Gasteiger partial charge in [0.25, 0.3) is 66.7 Å². The molecule has 6 aromatic heterocycles. The van der Waals surface area contributed by atoms with E-state index in [0.29, 0.717) is 45.5 Å². The normalized spacial score (nSPS) is 11.7. The predicted molar refractivity (Wildman–Crippen MR) is 322 cm³/mol. The van der Waals surface area contributed by atoms with Crippen molar-refractivity contribution in [3.8, 4) is 34.1 Å². The van der Waals surface area contributed by atoms with Gasteiger partial charge in [-0.3, -0.25) is 57.5 Å². The van der Waals surface area contributed by atoms with Crippen LogP contribution in [0.15, 0.2) is 167 Å². The van der Waals surface area contributed by atoms with Gasteiger partial charge in [-0.25, -0.2) is 106 Å². The van der Waals surface area contributed by atoms with Crippen LogP contribution in [0.2, 0.25) is 0 Å². The number of halogens is 18. The molecular weight excluding hydrogens is 1410 g/mol. The number of rotatable bonds is 6. The molecule has 510 valence electrons. The molecule has 0 amide bonds. The maximum absolute atomic E-state index is 14.3. The zero-order valence-corrected chi connectivity index (χ0v) is 48.8. The fraction of sp³-hybridized carbons (Fsp3) is 0. The number of hydrogen-bond donors (Lipinski definition) is 0. The Labute approximate surface area is 541 Å². The molecule has 0 bridgehead atoms. The van der Waals surface area contributed by atoms with Crippen LogP contribution in [0.4, 0.5) is 79.0 Å². The molecule has 0 N–H and O–H groups in total. The average Bonchev–Trinajstić information content (AvgIpc) is 1.57. The van der Waals surface area contributed by atoms with E-state index in [0.717, 1.165) is 45.5 Å². The van der Waals surface area contributed by atoms with Gasteiger partial charge in [-0.15, -0.1) is 0 Å². The van der Waals surface area contributed by atoms with Gasteiger partial charge in [0.1, 0.15) is 23.0 Å². The number of nitrogens with zero attached hydrogens (tertiary/aromatic N) is 6. The quantitative estimate of drug-likeness (QED) is 0.0871. The minimum Gasteiger partial charge on any atom is -0.268 e. The summed E-state index contributed by atoms with van der Waals surface area (Å²) in [5.74, 6) is -36.7. The van der Waals surface area contributed by atoms with Gasteiger partial charge in [0, 0.05) is 24.3 Å². The van der Waals surface area contributed by atoms with Crippen LogP contribution in [0.5, 0.6) is 0 Å². The Bertz CT molecular complexity index is 6290. The lowest BCUT2D eigenvalue weighted by atomic mass is 10.1. The molecule has 0 radical (unpaired) electrons. The van der Waals surface area contributed by atoms with Crippen molar-refractivity contribution in [2.75, 3.05) is 0 Å². The SMILES string of the molecule is O=c1c2cc3c(=O)n(-c4c(F)c(F)c(F)c(F)c4F)c(=O)c3cc2c(=O)n1-c1c(F)c(F)c(F)c(F)c1F.O=c1c2cc3c(=O)n(-c4cc(F)c(F)c(F)c4)c(=O)c3cc2c(=O)n1-c1cc(F)c(F)c(F)c1.O=c1c2cc3c(=O)n(-c4ccc(F)cc4)c(=O)c3cc2c(=O)n1-c1ccc(F)cc1. The van der Waals surface area contributed by atoms with Gasteiger partial charge in [0.15, 0.2) is 81.4 Å². The summed E-state index contributed by atoms with van der Waals surface area (Å²) in [4.78, 5) is 154. The van der Waals surface area contributed by atoms with E-state index in [2.05, 4.69) is 0 Å². The Morgan fingerprint density at radius 3 is 0.510 bits per heavy atom. The maximum atomic E-state index is 14.3. The smallest absolute Gasteiger partial charge is 0.266 e. The Morgan fingerprint density at radius 2 is 0.324 bits per heavy atom. The first kappa shape index (κ1) is 67.1. The van der Waals surface area contributed by atoms with Crippen molar-refractivity contribution >= 4 is 64.6 Å². The summed E-state index contributed by atoms with van der Waals surface area (Å²) in [5, 5.41) is -5.40. The van der Waals surface area contributed by atoms with Crippen molar-refractivity contribution in [3.05, 3.63) is 338 Å². The standard InChI is InChI=1S/C22H2F10N2O4.C22H6F6N2O4.C22H10F2N2O4/c23-7-9(25)13(29)17(14(30)10(7)26)33-19(35)3-1-4-6(2-5(3)21(33)37)22(38)34(20(4)36)18-15(31)11(27)8(24)12(28)16(18)32;23-13-1-7(2-14(24)17(13)27)29-19(31)9-5-11-12(6-10(9)20(29)32)22(34)30(21(11)33)8-3-15(25)18(28)16(26)4-8;23-11-1-5-13(6-2-11)25-19(27)15-9-17-18(10-16(15)20(25)28)22(30)26(21(17)29)14-7-3-12(24)4-8-14/h1-2H;1-6H;1-10H. The third kappa shape index (κ3) is 9.78. The Morgan fingerprint density at radius 1 is 0.167 bits per heavy atom. The van der Waals surface area contributed by atoms with Crippen molar-refractivity contribution < 1.29 is 79.0 Å². The summed E-state index contributed by atoms with van der Waals surface area (Å²) in [5.41, 5.74) is -18.9. The first-order valence-electron chi connectivity index (χ1n) is 27.8. The largest absolute Gasteiger partial charge is 0.268 e. The summed E-state index contributed by atoms with van der Waals surface area (Å²) in [6.45, 7) is 0. The highest BCUT2D eigenvalue weighted by Gasteiger charge is 2.34. The number of fused-ring (bicyclic) bond motifs is 6. The van der Waals surface area contributed by atoms with Crippen molar-refractivity contribution in [3.63, 3.8) is 0 Å². The molecule has 0 saturated carbocycles. The maximum Gasteiger partial charge on any atom is 0.266 e. The monoisotopic (exact) mass is 1430 g/mol. The minimum atomic E-state index is -2.59. The van der Waals surface area contributed by atoms with Crippen LogP contribution in [0.25, 0.3) is 98.8 Å². The van der Waals surface area contributed by atoms with Crippen LogP contribution in [0.3, 0.4) is 0 Å². The molecular formula is C66H18F18N6O12. The van der Waals surface area contributed by atoms with E-state index in [1.165, 1.54) is 36.4 Å². The van der Waals surface area contributed by atoms with E-state index in [9.17, 15) is 137 Å².